The molecule has 2 aromatic rings. The molecule has 0 fully saturated rings. The van der Waals surface area contributed by atoms with Crippen LogP contribution in [0, 0.1) is 0 Å². The first-order valence-corrected chi connectivity index (χ1v) is 5.23. The average Bonchev–Trinajstić information content (AvgIpc) is 2.74. The molecule has 0 atom stereocenters. The predicted molar refractivity (Wildman–Crippen MR) is 67.4 cm³/mol. The molecule has 1 heterocycles. The lowest BCUT2D eigenvalue weighted by Crippen LogP contribution is -2.09. The van der Waals surface area contributed by atoms with Crippen molar-refractivity contribution in [3.63, 3.8) is 0 Å². The summed E-state index contributed by atoms with van der Waals surface area (Å²) >= 11 is 0. The fraction of sp³-hybridized carbons (Fsp3) is 0.250. The molecule has 1 aromatic carbocycles. The summed E-state index contributed by atoms with van der Waals surface area (Å²) < 4.78 is 1.90. The summed E-state index contributed by atoms with van der Waals surface area (Å²) in [6, 6.07) is 12.1. The Morgan fingerprint density at radius 2 is 1.88 bits per heavy atom. The van der Waals surface area contributed by atoms with Crippen molar-refractivity contribution in [2.75, 3.05) is 31.4 Å². The van der Waals surface area contributed by atoms with Gasteiger partial charge in [0.05, 0.1) is 5.69 Å². The third-order valence-corrected chi connectivity index (χ3v) is 2.41. The van der Waals surface area contributed by atoms with Crippen LogP contribution in [0.3, 0.4) is 0 Å². The minimum absolute atomic E-state index is 0.938. The number of benzene rings is 1. The first kappa shape index (κ1) is 10.5. The van der Waals surface area contributed by atoms with Crippen molar-refractivity contribution >= 4 is 11.6 Å². The second-order valence-electron chi connectivity index (χ2n) is 3.78. The molecule has 4 nitrogen and oxygen atoms in total. The zero-order chi connectivity index (χ0) is 11.5. The molecule has 16 heavy (non-hydrogen) atoms. The highest BCUT2D eigenvalue weighted by molar-refractivity contribution is 5.53. The van der Waals surface area contributed by atoms with Crippen molar-refractivity contribution < 1.29 is 0 Å². The van der Waals surface area contributed by atoms with Gasteiger partial charge in [0.25, 0.3) is 0 Å². The molecule has 2 rings (SSSR count). The highest BCUT2D eigenvalue weighted by Crippen LogP contribution is 2.20. The van der Waals surface area contributed by atoms with Crippen molar-refractivity contribution in [1.82, 2.24) is 9.78 Å². The Balaban J connectivity index is 2.48. The first-order chi connectivity index (χ1) is 7.72. The largest absolute Gasteiger partial charge is 0.373 e. The number of aromatic nitrogens is 2. The SMILES string of the molecule is CNc1cc(N(C)C)nn1-c1ccccc1. The topological polar surface area (TPSA) is 33.1 Å². The van der Waals surface area contributed by atoms with Gasteiger partial charge in [0.1, 0.15) is 5.82 Å². The Labute approximate surface area is 95.5 Å². The lowest BCUT2D eigenvalue weighted by atomic mass is 10.3. The highest BCUT2D eigenvalue weighted by Gasteiger charge is 2.08. The predicted octanol–water partition coefficient (Wildman–Crippen LogP) is 1.98. The lowest BCUT2D eigenvalue weighted by molar-refractivity contribution is 0.870. The van der Waals surface area contributed by atoms with E-state index in [-0.39, 0.29) is 0 Å². The van der Waals surface area contributed by atoms with E-state index < -0.39 is 0 Å². The Morgan fingerprint density at radius 1 is 1.19 bits per heavy atom. The number of hydrogen-bond acceptors (Lipinski definition) is 3. The van der Waals surface area contributed by atoms with E-state index >= 15 is 0 Å². The Morgan fingerprint density at radius 3 is 2.44 bits per heavy atom. The number of rotatable bonds is 3. The van der Waals surface area contributed by atoms with Crippen LogP contribution in [-0.4, -0.2) is 30.9 Å². The number of hydrogen-bond donors (Lipinski definition) is 1. The van der Waals surface area contributed by atoms with E-state index in [1.807, 2.05) is 67.1 Å². The van der Waals surface area contributed by atoms with Crippen LogP contribution in [0.5, 0.6) is 0 Å². The molecule has 1 aromatic heterocycles. The van der Waals surface area contributed by atoms with Gasteiger partial charge in [-0.25, -0.2) is 4.68 Å². The van der Waals surface area contributed by atoms with Crippen LogP contribution >= 0.6 is 0 Å². The van der Waals surface area contributed by atoms with Crippen LogP contribution in [0.4, 0.5) is 11.6 Å². The van der Waals surface area contributed by atoms with E-state index in [0.29, 0.717) is 0 Å². The van der Waals surface area contributed by atoms with Crippen LogP contribution in [0.15, 0.2) is 36.4 Å². The van der Waals surface area contributed by atoms with Gasteiger partial charge in [-0.3, -0.25) is 0 Å². The number of nitrogens with zero attached hydrogens (tertiary/aromatic N) is 3. The summed E-state index contributed by atoms with van der Waals surface area (Å²) in [5, 5.41) is 7.67. The maximum atomic E-state index is 4.53. The quantitative estimate of drug-likeness (QED) is 0.851. The highest BCUT2D eigenvalue weighted by atomic mass is 15.4. The van der Waals surface area contributed by atoms with Crippen molar-refractivity contribution in [2.45, 2.75) is 0 Å². The standard InChI is InChI=1S/C12H16N4/c1-13-11-9-12(15(2)3)14-16(11)10-7-5-4-6-8-10/h4-9,13H,1-3H3. The summed E-state index contributed by atoms with van der Waals surface area (Å²) in [6.45, 7) is 0. The van der Waals surface area contributed by atoms with E-state index in [0.717, 1.165) is 17.3 Å². The van der Waals surface area contributed by atoms with Gasteiger partial charge >= 0.3 is 0 Å². The van der Waals surface area contributed by atoms with Gasteiger partial charge in [0.15, 0.2) is 5.82 Å². The van der Waals surface area contributed by atoms with Crippen LogP contribution in [-0.2, 0) is 0 Å². The molecule has 4 heteroatoms. The second kappa shape index (κ2) is 4.26. The molecule has 0 aliphatic heterocycles. The lowest BCUT2D eigenvalue weighted by Gasteiger charge is -2.07. The maximum absolute atomic E-state index is 4.53. The van der Waals surface area contributed by atoms with Crippen molar-refractivity contribution in [1.29, 1.82) is 0 Å². The molecular weight excluding hydrogens is 200 g/mol. The maximum Gasteiger partial charge on any atom is 0.152 e. The summed E-state index contributed by atoms with van der Waals surface area (Å²) in [5.74, 6) is 1.92. The molecule has 0 bridgehead atoms. The smallest absolute Gasteiger partial charge is 0.152 e. The zero-order valence-electron chi connectivity index (χ0n) is 9.81. The van der Waals surface area contributed by atoms with Gasteiger partial charge in [-0.05, 0) is 12.1 Å². The monoisotopic (exact) mass is 216 g/mol. The van der Waals surface area contributed by atoms with Crippen molar-refractivity contribution in [3.8, 4) is 5.69 Å². The minimum atomic E-state index is 0.938. The van der Waals surface area contributed by atoms with Crippen LogP contribution in [0.2, 0.25) is 0 Å². The molecule has 0 amide bonds. The second-order valence-corrected chi connectivity index (χ2v) is 3.78. The molecule has 0 spiro atoms. The molecule has 1 N–H and O–H groups in total. The van der Waals surface area contributed by atoms with Crippen LogP contribution in [0.1, 0.15) is 0 Å². The van der Waals surface area contributed by atoms with E-state index in [9.17, 15) is 0 Å². The Hall–Kier alpha value is -1.97. The van der Waals surface area contributed by atoms with Gasteiger partial charge in [-0.15, -0.1) is 5.10 Å². The van der Waals surface area contributed by atoms with E-state index in [1.54, 1.807) is 0 Å². The van der Waals surface area contributed by atoms with E-state index in [2.05, 4.69) is 10.4 Å². The molecular formula is C12H16N4. The zero-order valence-corrected chi connectivity index (χ0v) is 9.81. The first-order valence-electron chi connectivity index (χ1n) is 5.23. The van der Waals surface area contributed by atoms with Crippen molar-refractivity contribution in [3.05, 3.63) is 36.4 Å². The normalized spacial score (nSPS) is 10.2. The number of para-hydroxylation sites is 1. The molecule has 0 aliphatic carbocycles. The minimum Gasteiger partial charge on any atom is -0.373 e. The molecule has 0 radical (unpaired) electrons. The van der Waals surface area contributed by atoms with Gasteiger partial charge in [0, 0.05) is 27.2 Å². The average molecular weight is 216 g/mol. The number of anilines is 2. The third-order valence-electron chi connectivity index (χ3n) is 2.41. The summed E-state index contributed by atoms with van der Waals surface area (Å²) in [6.07, 6.45) is 0. The Bertz CT molecular complexity index is 459. The summed E-state index contributed by atoms with van der Waals surface area (Å²) in [5.41, 5.74) is 1.06. The van der Waals surface area contributed by atoms with Gasteiger partial charge in [-0.1, -0.05) is 18.2 Å². The van der Waals surface area contributed by atoms with E-state index in [1.165, 1.54) is 0 Å². The molecule has 0 saturated carbocycles. The third kappa shape index (κ3) is 1.86. The van der Waals surface area contributed by atoms with E-state index in [4.69, 9.17) is 0 Å². The molecule has 84 valence electrons. The summed E-state index contributed by atoms with van der Waals surface area (Å²) in [4.78, 5) is 1.99. The molecule has 0 saturated heterocycles. The van der Waals surface area contributed by atoms with Crippen molar-refractivity contribution in [2.24, 2.45) is 0 Å². The molecule has 0 unspecified atom stereocenters. The fourth-order valence-corrected chi connectivity index (χ4v) is 1.53. The summed E-state index contributed by atoms with van der Waals surface area (Å²) in [7, 11) is 5.87. The van der Waals surface area contributed by atoms with Gasteiger partial charge < -0.3 is 10.2 Å². The fourth-order valence-electron chi connectivity index (χ4n) is 1.53. The van der Waals surface area contributed by atoms with Gasteiger partial charge in [-0.2, -0.15) is 0 Å². The molecule has 0 aliphatic rings. The van der Waals surface area contributed by atoms with Crippen LogP contribution < -0.4 is 10.2 Å². The van der Waals surface area contributed by atoms with Gasteiger partial charge in [0.2, 0.25) is 0 Å². The van der Waals surface area contributed by atoms with Crippen LogP contribution in [0.25, 0.3) is 5.69 Å². The Kier molecular flexibility index (Phi) is 2.81. The number of nitrogens with one attached hydrogen (secondary N) is 1.